The molecule has 0 aliphatic heterocycles. The molecule has 3 nitrogen and oxygen atoms in total. The molecule has 0 aliphatic carbocycles. The van der Waals surface area contributed by atoms with Crippen LogP contribution in [-0.4, -0.2) is 10.4 Å². The maximum atomic E-state index is 12.2. The van der Waals surface area contributed by atoms with Gasteiger partial charge in [0.25, 0.3) is 5.56 Å². The van der Waals surface area contributed by atoms with Gasteiger partial charge in [-0.25, -0.2) is 0 Å². The lowest BCUT2D eigenvalue weighted by Crippen LogP contribution is -2.19. The van der Waals surface area contributed by atoms with Crippen molar-refractivity contribution in [1.29, 1.82) is 0 Å². The molecule has 20 heavy (non-hydrogen) atoms. The molecule has 3 rings (SSSR count). The first-order valence-electron chi connectivity index (χ1n) is 6.39. The molecule has 0 saturated heterocycles. The molecule has 0 bridgehead atoms. The molecule has 3 aromatic heterocycles. The van der Waals surface area contributed by atoms with Crippen LogP contribution in [0.3, 0.4) is 0 Å². The van der Waals surface area contributed by atoms with E-state index >= 15 is 0 Å². The number of hydrogen-bond donors (Lipinski definition) is 0. The Bertz CT molecular complexity index is 784. The fourth-order valence-electron chi connectivity index (χ4n) is 2.15. The van der Waals surface area contributed by atoms with Crippen LogP contribution in [0.15, 0.2) is 46.0 Å². The van der Waals surface area contributed by atoms with Gasteiger partial charge in [-0.2, -0.15) is 0 Å². The summed E-state index contributed by atoms with van der Waals surface area (Å²) in [5.74, 6) is 0.157. The van der Waals surface area contributed by atoms with Crippen LogP contribution in [0, 0.1) is 0 Å². The van der Waals surface area contributed by atoms with E-state index in [0.717, 1.165) is 15.0 Å². The molecule has 0 fully saturated rings. The Morgan fingerprint density at radius 2 is 2.05 bits per heavy atom. The first-order chi connectivity index (χ1) is 9.75. The van der Waals surface area contributed by atoms with Gasteiger partial charge in [-0.05, 0) is 35.4 Å². The Morgan fingerprint density at radius 1 is 1.15 bits per heavy atom. The summed E-state index contributed by atoms with van der Waals surface area (Å²) in [5, 5.41) is 4.60. The molecular formula is C15H13NO2S2. The van der Waals surface area contributed by atoms with Gasteiger partial charge >= 0.3 is 0 Å². The third kappa shape index (κ3) is 2.59. The number of pyridine rings is 1. The SMILES string of the molecule is O=C(CCCn1ccc2sccc2c1=O)c1cccs1. The van der Waals surface area contributed by atoms with Gasteiger partial charge in [-0.3, -0.25) is 9.59 Å². The Balaban J connectivity index is 1.67. The van der Waals surface area contributed by atoms with Crippen molar-refractivity contribution in [2.24, 2.45) is 0 Å². The van der Waals surface area contributed by atoms with Crippen LogP contribution in [-0.2, 0) is 6.54 Å². The number of aromatic nitrogens is 1. The Kier molecular flexibility index (Phi) is 3.80. The fraction of sp³-hybridized carbons (Fsp3) is 0.200. The van der Waals surface area contributed by atoms with Crippen molar-refractivity contribution in [3.05, 3.63) is 56.5 Å². The van der Waals surface area contributed by atoms with Crippen molar-refractivity contribution in [1.82, 2.24) is 4.57 Å². The van der Waals surface area contributed by atoms with Crippen LogP contribution in [0.5, 0.6) is 0 Å². The first kappa shape index (κ1) is 13.3. The van der Waals surface area contributed by atoms with Crippen molar-refractivity contribution in [3.63, 3.8) is 0 Å². The number of ketones is 1. The predicted octanol–water partition coefficient (Wildman–Crippen LogP) is 3.79. The highest BCUT2D eigenvalue weighted by atomic mass is 32.1. The summed E-state index contributed by atoms with van der Waals surface area (Å²) in [6.45, 7) is 0.585. The van der Waals surface area contributed by atoms with Crippen LogP contribution in [0.2, 0.25) is 0 Å². The van der Waals surface area contributed by atoms with Crippen molar-refractivity contribution < 1.29 is 4.79 Å². The highest BCUT2D eigenvalue weighted by Gasteiger charge is 2.07. The van der Waals surface area contributed by atoms with Gasteiger partial charge in [0.2, 0.25) is 0 Å². The van der Waals surface area contributed by atoms with Gasteiger partial charge in [0.15, 0.2) is 5.78 Å². The van der Waals surface area contributed by atoms with Gasteiger partial charge in [-0.15, -0.1) is 22.7 Å². The van der Waals surface area contributed by atoms with Gasteiger partial charge in [0, 0.05) is 23.9 Å². The zero-order valence-electron chi connectivity index (χ0n) is 10.7. The van der Waals surface area contributed by atoms with Crippen molar-refractivity contribution >= 4 is 38.5 Å². The zero-order chi connectivity index (χ0) is 13.9. The van der Waals surface area contributed by atoms with E-state index in [2.05, 4.69) is 0 Å². The molecule has 0 saturated carbocycles. The molecule has 0 spiro atoms. The molecule has 0 atom stereocenters. The number of hydrogen-bond acceptors (Lipinski definition) is 4. The van der Waals surface area contributed by atoms with Gasteiger partial charge in [0.1, 0.15) is 0 Å². The molecule has 0 amide bonds. The lowest BCUT2D eigenvalue weighted by molar-refractivity contribution is 0.0982. The predicted molar refractivity (Wildman–Crippen MR) is 84.0 cm³/mol. The number of aryl methyl sites for hydroxylation is 1. The molecular weight excluding hydrogens is 290 g/mol. The van der Waals surface area contributed by atoms with E-state index < -0.39 is 0 Å². The second-order valence-corrected chi connectivity index (χ2v) is 6.41. The quantitative estimate of drug-likeness (QED) is 0.673. The number of nitrogens with zero attached hydrogens (tertiary/aromatic N) is 1. The maximum absolute atomic E-state index is 12.2. The average molecular weight is 303 g/mol. The number of carbonyl (C=O) groups is 1. The monoisotopic (exact) mass is 303 g/mol. The minimum absolute atomic E-state index is 0.0346. The first-order valence-corrected chi connectivity index (χ1v) is 8.15. The normalized spacial score (nSPS) is 11.0. The van der Waals surface area contributed by atoms with Crippen LogP contribution >= 0.6 is 22.7 Å². The molecule has 0 unspecified atom stereocenters. The standard InChI is InChI=1S/C15H13NO2S2/c17-12(14-4-2-9-19-14)3-1-7-16-8-5-13-11(15(16)18)6-10-20-13/h2,4-6,8-10H,1,3,7H2. The van der Waals surface area contributed by atoms with Crippen molar-refractivity contribution in [3.8, 4) is 0 Å². The fourth-order valence-corrected chi connectivity index (χ4v) is 3.62. The zero-order valence-corrected chi connectivity index (χ0v) is 12.4. The number of Topliss-reactive ketones (excluding diaryl/α,β-unsaturated/α-hetero) is 1. The Hall–Kier alpha value is -1.72. The Morgan fingerprint density at radius 3 is 2.85 bits per heavy atom. The Labute approximate surface area is 124 Å². The van der Waals surface area contributed by atoms with Gasteiger partial charge in [0.05, 0.1) is 10.3 Å². The summed E-state index contributed by atoms with van der Waals surface area (Å²) in [5.41, 5.74) is 0.0346. The van der Waals surface area contributed by atoms with E-state index in [1.807, 2.05) is 41.2 Å². The third-order valence-electron chi connectivity index (χ3n) is 3.19. The second kappa shape index (κ2) is 5.73. The average Bonchev–Trinajstić information content (AvgIpc) is 3.11. The highest BCUT2D eigenvalue weighted by Crippen LogP contribution is 2.17. The number of thiophene rings is 2. The molecule has 5 heteroatoms. The van der Waals surface area contributed by atoms with E-state index in [0.29, 0.717) is 19.4 Å². The summed E-state index contributed by atoms with van der Waals surface area (Å²) in [6, 6.07) is 7.54. The summed E-state index contributed by atoms with van der Waals surface area (Å²) < 4.78 is 2.71. The minimum atomic E-state index is 0.0346. The maximum Gasteiger partial charge on any atom is 0.259 e. The molecule has 3 aromatic rings. The molecule has 0 aliphatic rings. The highest BCUT2D eigenvalue weighted by molar-refractivity contribution is 7.17. The number of rotatable bonds is 5. The lowest BCUT2D eigenvalue weighted by atomic mass is 10.2. The molecule has 102 valence electrons. The topological polar surface area (TPSA) is 39.1 Å². The van der Waals surface area contributed by atoms with E-state index in [9.17, 15) is 9.59 Å². The molecule has 0 aromatic carbocycles. The van der Waals surface area contributed by atoms with Gasteiger partial charge in [-0.1, -0.05) is 6.07 Å². The number of fused-ring (bicyclic) bond motifs is 1. The van der Waals surface area contributed by atoms with Crippen molar-refractivity contribution in [2.75, 3.05) is 0 Å². The molecule has 3 heterocycles. The summed E-state index contributed by atoms with van der Waals surface area (Å²) in [7, 11) is 0. The van der Waals surface area contributed by atoms with Crippen LogP contribution in [0.1, 0.15) is 22.5 Å². The van der Waals surface area contributed by atoms with E-state index in [-0.39, 0.29) is 11.3 Å². The summed E-state index contributed by atoms with van der Waals surface area (Å²) in [4.78, 5) is 24.9. The minimum Gasteiger partial charge on any atom is -0.315 e. The van der Waals surface area contributed by atoms with E-state index in [4.69, 9.17) is 0 Å². The second-order valence-electron chi connectivity index (χ2n) is 4.52. The third-order valence-corrected chi connectivity index (χ3v) is 4.98. The largest absolute Gasteiger partial charge is 0.315 e. The molecule has 0 radical (unpaired) electrons. The smallest absolute Gasteiger partial charge is 0.259 e. The van der Waals surface area contributed by atoms with Crippen molar-refractivity contribution in [2.45, 2.75) is 19.4 Å². The van der Waals surface area contributed by atoms with Crippen LogP contribution in [0.25, 0.3) is 10.1 Å². The van der Waals surface area contributed by atoms with Crippen LogP contribution in [0.4, 0.5) is 0 Å². The van der Waals surface area contributed by atoms with Gasteiger partial charge < -0.3 is 4.57 Å². The molecule has 0 N–H and O–H groups in total. The lowest BCUT2D eigenvalue weighted by Gasteiger charge is -2.05. The summed E-state index contributed by atoms with van der Waals surface area (Å²) in [6.07, 6.45) is 2.98. The van der Waals surface area contributed by atoms with Crippen LogP contribution < -0.4 is 5.56 Å². The van der Waals surface area contributed by atoms with E-state index in [1.165, 1.54) is 11.3 Å². The number of carbonyl (C=O) groups excluding carboxylic acids is 1. The summed E-state index contributed by atoms with van der Waals surface area (Å²) >= 11 is 3.04. The van der Waals surface area contributed by atoms with E-state index in [1.54, 1.807) is 15.9 Å².